The Labute approximate surface area is 210 Å². The molecule has 11 heteroatoms. The van der Waals surface area contributed by atoms with Crippen LogP contribution in [0.5, 0.6) is 0 Å². The molecule has 1 atom stereocenters. The van der Waals surface area contributed by atoms with Gasteiger partial charge in [0.15, 0.2) is 5.69 Å². The molecule has 4 aromatic rings. The lowest BCUT2D eigenvalue weighted by Gasteiger charge is -2.24. The highest BCUT2D eigenvalue weighted by atomic mass is 16.2. The first-order valence-electron chi connectivity index (χ1n) is 11.9. The number of rotatable bonds is 4. The summed E-state index contributed by atoms with van der Waals surface area (Å²) in [6.45, 7) is 5.20. The number of para-hydroxylation sites is 1. The first-order valence-corrected chi connectivity index (χ1v) is 11.9. The Bertz CT molecular complexity index is 1740. The summed E-state index contributed by atoms with van der Waals surface area (Å²) in [5.74, 6) is -1.22. The maximum Gasteiger partial charge on any atom is 0.276 e. The summed E-state index contributed by atoms with van der Waals surface area (Å²) in [4.78, 5) is 68.2. The number of aryl methyl sites for hydroxylation is 1. The van der Waals surface area contributed by atoms with Gasteiger partial charge in [-0.05, 0) is 45.4 Å². The Morgan fingerprint density at radius 2 is 1.70 bits per heavy atom. The Morgan fingerprint density at radius 1 is 1.00 bits per heavy atom. The number of anilines is 1. The van der Waals surface area contributed by atoms with Crippen LogP contribution >= 0.6 is 0 Å². The third-order valence-corrected chi connectivity index (χ3v) is 6.41. The van der Waals surface area contributed by atoms with Crippen molar-refractivity contribution >= 4 is 45.1 Å². The molecule has 37 heavy (non-hydrogen) atoms. The van der Waals surface area contributed by atoms with E-state index in [2.05, 4.69) is 20.7 Å². The second-order valence-electron chi connectivity index (χ2n) is 9.19. The number of aromatic nitrogens is 4. The quantitative estimate of drug-likeness (QED) is 0.409. The molecular formula is C26H24N6O5. The summed E-state index contributed by atoms with van der Waals surface area (Å²) in [5, 5.41) is 10.4. The Morgan fingerprint density at radius 3 is 2.41 bits per heavy atom. The molecule has 3 heterocycles. The van der Waals surface area contributed by atoms with Gasteiger partial charge in [-0.3, -0.25) is 33.9 Å². The van der Waals surface area contributed by atoms with Crippen molar-refractivity contribution < 1.29 is 14.4 Å². The van der Waals surface area contributed by atoms with Crippen LogP contribution in [-0.2, 0) is 9.59 Å². The van der Waals surface area contributed by atoms with Gasteiger partial charge in [-0.2, -0.15) is 5.10 Å². The predicted molar refractivity (Wildman–Crippen MR) is 137 cm³/mol. The molecule has 1 fully saturated rings. The zero-order valence-corrected chi connectivity index (χ0v) is 20.4. The minimum absolute atomic E-state index is 0.0644. The molecule has 0 aliphatic carbocycles. The summed E-state index contributed by atoms with van der Waals surface area (Å²) in [6.07, 6.45) is 0.315. The van der Waals surface area contributed by atoms with Gasteiger partial charge in [0.05, 0.1) is 22.5 Å². The van der Waals surface area contributed by atoms with Crippen molar-refractivity contribution in [1.82, 2.24) is 24.6 Å². The molecule has 0 bridgehead atoms. The van der Waals surface area contributed by atoms with E-state index in [9.17, 15) is 24.0 Å². The van der Waals surface area contributed by atoms with Crippen LogP contribution in [0.25, 0.3) is 21.7 Å². The highest BCUT2D eigenvalue weighted by molar-refractivity contribution is 6.13. The molecule has 0 saturated carbocycles. The van der Waals surface area contributed by atoms with Crippen LogP contribution in [-0.4, -0.2) is 37.1 Å². The highest BCUT2D eigenvalue weighted by Gasteiger charge is 2.31. The number of carbonyl (C=O) groups is 3. The second-order valence-corrected chi connectivity index (χ2v) is 9.19. The lowest BCUT2D eigenvalue weighted by atomic mass is 10.1. The lowest BCUT2D eigenvalue weighted by Crippen LogP contribution is -2.45. The van der Waals surface area contributed by atoms with Crippen molar-refractivity contribution in [3.63, 3.8) is 0 Å². The fraction of sp³-hybridized carbons (Fsp3) is 0.269. The average molecular weight is 501 g/mol. The van der Waals surface area contributed by atoms with Gasteiger partial charge in [-0.1, -0.05) is 24.3 Å². The molecule has 188 valence electrons. The van der Waals surface area contributed by atoms with Crippen LogP contribution in [0.2, 0.25) is 0 Å². The van der Waals surface area contributed by atoms with Gasteiger partial charge < -0.3 is 5.32 Å². The van der Waals surface area contributed by atoms with E-state index in [1.807, 2.05) is 0 Å². The standard InChI is InChI=1S/C26H24N6O5/c1-13(2)32-26(37)16-8-5-4-7-15(16)22(30-32)24(35)28-18-10-6-9-17-21(18)27-14(3)31(25(17)36)19-11-12-20(33)29-23(19)34/h4-10,13,19H,11-12H2,1-3H3,(H,28,35)(H,29,33,34). The fourth-order valence-corrected chi connectivity index (χ4v) is 4.63. The summed E-state index contributed by atoms with van der Waals surface area (Å²) in [6, 6.07) is 10.4. The van der Waals surface area contributed by atoms with Gasteiger partial charge in [-0.15, -0.1) is 0 Å². The molecule has 11 nitrogen and oxygen atoms in total. The summed E-state index contributed by atoms with van der Waals surface area (Å²) < 4.78 is 2.55. The van der Waals surface area contributed by atoms with Gasteiger partial charge >= 0.3 is 0 Å². The number of benzene rings is 2. The number of hydrogen-bond acceptors (Lipinski definition) is 7. The van der Waals surface area contributed by atoms with Crippen molar-refractivity contribution in [2.45, 2.75) is 45.7 Å². The smallest absolute Gasteiger partial charge is 0.276 e. The van der Waals surface area contributed by atoms with Gasteiger partial charge in [0.25, 0.3) is 17.0 Å². The fourth-order valence-electron chi connectivity index (χ4n) is 4.63. The molecule has 1 saturated heterocycles. The van der Waals surface area contributed by atoms with E-state index in [0.29, 0.717) is 10.8 Å². The molecule has 1 unspecified atom stereocenters. The maximum atomic E-state index is 13.4. The van der Waals surface area contributed by atoms with Gasteiger partial charge in [0.2, 0.25) is 11.8 Å². The van der Waals surface area contributed by atoms with Crippen molar-refractivity contribution in [2.24, 2.45) is 0 Å². The van der Waals surface area contributed by atoms with Crippen LogP contribution < -0.4 is 21.8 Å². The Hall–Kier alpha value is -4.67. The lowest BCUT2D eigenvalue weighted by molar-refractivity contribution is -0.135. The monoisotopic (exact) mass is 500 g/mol. The molecule has 2 aromatic carbocycles. The second kappa shape index (κ2) is 9.08. The zero-order valence-electron chi connectivity index (χ0n) is 20.4. The molecule has 2 aromatic heterocycles. The molecule has 2 N–H and O–H groups in total. The summed E-state index contributed by atoms with van der Waals surface area (Å²) in [7, 11) is 0. The summed E-state index contributed by atoms with van der Waals surface area (Å²) in [5.41, 5.74) is -0.146. The SMILES string of the molecule is Cc1nc2c(NC(=O)c3nn(C(C)C)c(=O)c4ccccc34)cccc2c(=O)n1C1CCC(=O)NC1=O. The zero-order chi connectivity index (χ0) is 26.4. The Kier molecular flexibility index (Phi) is 5.90. The average Bonchev–Trinajstić information content (AvgIpc) is 2.86. The minimum atomic E-state index is -0.854. The van der Waals surface area contributed by atoms with Crippen molar-refractivity contribution in [2.75, 3.05) is 5.32 Å². The molecule has 1 aliphatic heterocycles. The molecule has 0 radical (unpaired) electrons. The van der Waals surface area contributed by atoms with Gasteiger partial charge in [-0.25, -0.2) is 9.67 Å². The first-order chi connectivity index (χ1) is 17.7. The van der Waals surface area contributed by atoms with E-state index in [-0.39, 0.29) is 58.5 Å². The molecule has 3 amide bonds. The largest absolute Gasteiger partial charge is 0.319 e. The topological polar surface area (TPSA) is 145 Å². The number of piperidine rings is 1. The van der Waals surface area contributed by atoms with E-state index < -0.39 is 23.4 Å². The third-order valence-electron chi connectivity index (χ3n) is 6.41. The van der Waals surface area contributed by atoms with Gasteiger partial charge in [0.1, 0.15) is 17.4 Å². The van der Waals surface area contributed by atoms with E-state index >= 15 is 0 Å². The van der Waals surface area contributed by atoms with Crippen LogP contribution in [0, 0.1) is 6.92 Å². The van der Waals surface area contributed by atoms with E-state index in [0.717, 1.165) is 0 Å². The van der Waals surface area contributed by atoms with E-state index in [1.165, 1.54) is 9.25 Å². The number of carbonyl (C=O) groups excluding carboxylic acids is 3. The van der Waals surface area contributed by atoms with Crippen LogP contribution in [0.3, 0.4) is 0 Å². The predicted octanol–water partition coefficient (Wildman–Crippen LogP) is 2.23. The number of nitrogens with zero attached hydrogens (tertiary/aromatic N) is 4. The van der Waals surface area contributed by atoms with Crippen molar-refractivity contribution in [3.05, 3.63) is 74.7 Å². The Balaban J connectivity index is 1.60. The van der Waals surface area contributed by atoms with E-state index in [4.69, 9.17) is 0 Å². The number of fused-ring (bicyclic) bond motifs is 2. The number of hydrogen-bond donors (Lipinski definition) is 2. The van der Waals surface area contributed by atoms with Gasteiger partial charge in [0, 0.05) is 11.8 Å². The molecule has 0 spiro atoms. The number of nitrogens with one attached hydrogen (secondary N) is 2. The summed E-state index contributed by atoms with van der Waals surface area (Å²) >= 11 is 0. The molecule has 1 aliphatic rings. The van der Waals surface area contributed by atoms with Crippen LogP contribution in [0.4, 0.5) is 5.69 Å². The third kappa shape index (κ3) is 4.07. The first kappa shape index (κ1) is 24.0. The van der Waals surface area contributed by atoms with Crippen molar-refractivity contribution in [3.8, 4) is 0 Å². The minimum Gasteiger partial charge on any atom is -0.319 e. The molecule has 5 rings (SSSR count). The van der Waals surface area contributed by atoms with Crippen molar-refractivity contribution in [1.29, 1.82) is 0 Å². The van der Waals surface area contributed by atoms with Crippen LogP contribution in [0.15, 0.2) is 52.1 Å². The maximum absolute atomic E-state index is 13.4. The molecular weight excluding hydrogens is 476 g/mol. The van der Waals surface area contributed by atoms with E-state index in [1.54, 1.807) is 63.2 Å². The number of imide groups is 1. The normalized spacial score (nSPS) is 15.8. The number of amides is 3. The van der Waals surface area contributed by atoms with Crippen LogP contribution in [0.1, 0.15) is 55.1 Å². The highest BCUT2D eigenvalue weighted by Crippen LogP contribution is 2.24.